The highest BCUT2D eigenvalue weighted by Crippen LogP contribution is 2.38. The Hall–Kier alpha value is -4.29. The molecule has 0 atom stereocenters. The molecule has 0 unspecified atom stereocenters. The molecule has 0 spiro atoms. The van der Waals surface area contributed by atoms with E-state index in [4.69, 9.17) is 4.84 Å². The summed E-state index contributed by atoms with van der Waals surface area (Å²) in [5.41, 5.74) is 2.40. The van der Waals surface area contributed by atoms with Crippen LogP contribution in [0.4, 0.5) is 15.5 Å². The number of amides is 5. The maximum atomic E-state index is 13.9. The number of pyridine rings is 1. The largest absolute Gasteiger partial charge is 0.342 e. The first-order valence-corrected chi connectivity index (χ1v) is 15.0. The van der Waals surface area contributed by atoms with Crippen LogP contribution in [0.2, 0.25) is 0 Å². The van der Waals surface area contributed by atoms with Gasteiger partial charge in [0.15, 0.2) is 0 Å². The number of aryl methyl sites for hydroxylation is 1. The van der Waals surface area contributed by atoms with Crippen LogP contribution >= 0.6 is 11.3 Å². The Morgan fingerprint density at radius 3 is 2.39 bits per heavy atom. The van der Waals surface area contributed by atoms with Gasteiger partial charge in [0.2, 0.25) is 5.91 Å². The Morgan fingerprint density at radius 2 is 1.77 bits per heavy atom. The van der Waals surface area contributed by atoms with E-state index in [1.807, 2.05) is 45.9 Å². The summed E-state index contributed by atoms with van der Waals surface area (Å²) in [5.74, 6) is -0.807. The molecule has 2 aromatic heterocycles. The number of piperazine rings is 1. The van der Waals surface area contributed by atoms with Crippen LogP contribution < -0.4 is 10.6 Å². The molecule has 2 N–H and O–H groups in total. The molecule has 44 heavy (non-hydrogen) atoms. The van der Waals surface area contributed by atoms with Gasteiger partial charge >= 0.3 is 6.03 Å². The Kier molecular flexibility index (Phi) is 9.17. The number of benzene rings is 1. The van der Waals surface area contributed by atoms with E-state index in [-0.39, 0.29) is 28.8 Å². The molecule has 3 aromatic rings. The van der Waals surface area contributed by atoms with Crippen LogP contribution in [0.3, 0.4) is 0 Å². The van der Waals surface area contributed by atoms with Gasteiger partial charge < -0.3 is 15.1 Å². The number of rotatable bonds is 6. The SMILES string of the molecule is CON(C)C(=O)c1ccc(-c2cc(NC(=O)Nc3sc(C(C)(C)C)cc3C(=O)N3CCN(C)C(=O)C3(C)C)ccc2C)cn1. The van der Waals surface area contributed by atoms with E-state index in [1.165, 1.54) is 25.5 Å². The topological polar surface area (TPSA) is 124 Å². The van der Waals surface area contributed by atoms with Gasteiger partial charge in [-0.2, -0.15) is 0 Å². The zero-order chi connectivity index (χ0) is 32.6. The molecule has 3 heterocycles. The summed E-state index contributed by atoms with van der Waals surface area (Å²) >= 11 is 1.35. The minimum atomic E-state index is -1.02. The normalized spacial score (nSPS) is 14.8. The third-order valence-corrected chi connectivity index (χ3v) is 9.20. The summed E-state index contributed by atoms with van der Waals surface area (Å²) in [6.07, 6.45) is 1.60. The molecule has 0 radical (unpaired) electrons. The average molecular weight is 621 g/mol. The summed E-state index contributed by atoms with van der Waals surface area (Å²) < 4.78 is 0. The van der Waals surface area contributed by atoms with Gasteiger partial charge in [-0.1, -0.05) is 32.9 Å². The molecule has 1 fully saturated rings. The van der Waals surface area contributed by atoms with Gasteiger partial charge in [0.25, 0.3) is 11.8 Å². The number of thiophene rings is 1. The lowest BCUT2D eigenvalue weighted by Crippen LogP contribution is -2.63. The first kappa shape index (κ1) is 32.6. The van der Waals surface area contributed by atoms with Crippen molar-refractivity contribution in [2.45, 2.75) is 52.5 Å². The first-order chi connectivity index (χ1) is 20.5. The van der Waals surface area contributed by atoms with E-state index < -0.39 is 11.6 Å². The number of likely N-dealkylation sites (N-methyl/N-ethyl adjacent to an activating group) is 1. The van der Waals surface area contributed by atoms with Crippen molar-refractivity contribution in [3.8, 4) is 11.1 Å². The predicted molar refractivity (Wildman–Crippen MR) is 172 cm³/mol. The Balaban J connectivity index is 1.57. The number of aromatic nitrogens is 1. The van der Waals surface area contributed by atoms with Crippen LogP contribution in [-0.4, -0.2) is 83.4 Å². The number of hydroxylamine groups is 2. The third kappa shape index (κ3) is 6.61. The Bertz CT molecular complexity index is 1590. The number of nitrogens with zero attached hydrogens (tertiary/aromatic N) is 4. The highest BCUT2D eigenvalue weighted by atomic mass is 32.1. The second-order valence-electron chi connectivity index (χ2n) is 12.4. The van der Waals surface area contributed by atoms with Crippen molar-refractivity contribution in [1.82, 2.24) is 19.8 Å². The van der Waals surface area contributed by atoms with Gasteiger partial charge in [0, 0.05) is 49.5 Å². The molecule has 4 rings (SSSR count). The molecular weight excluding hydrogens is 580 g/mol. The molecular formula is C32H40N6O5S. The number of carbonyl (C=O) groups excluding carboxylic acids is 4. The van der Waals surface area contributed by atoms with Gasteiger partial charge in [0.1, 0.15) is 16.2 Å². The van der Waals surface area contributed by atoms with E-state index in [9.17, 15) is 19.2 Å². The van der Waals surface area contributed by atoms with E-state index in [1.54, 1.807) is 55.1 Å². The predicted octanol–water partition coefficient (Wildman–Crippen LogP) is 5.39. The summed E-state index contributed by atoms with van der Waals surface area (Å²) in [5, 5.41) is 7.27. The molecule has 12 heteroatoms. The second-order valence-corrected chi connectivity index (χ2v) is 13.4. The van der Waals surface area contributed by atoms with Crippen LogP contribution in [0.15, 0.2) is 42.6 Å². The van der Waals surface area contributed by atoms with E-state index in [0.717, 1.165) is 26.6 Å². The zero-order valence-corrected chi connectivity index (χ0v) is 27.5. The van der Waals surface area contributed by atoms with Crippen molar-refractivity contribution in [1.29, 1.82) is 0 Å². The van der Waals surface area contributed by atoms with Crippen molar-refractivity contribution >= 4 is 45.8 Å². The molecule has 5 amide bonds. The van der Waals surface area contributed by atoms with Crippen LogP contribution in [0, 0.1) is 6.92 Å². The van der Waals surface area contributed by atoms with Crippen molar-refractivity contribution in [2.24, 2.45) is 0 Å². The minimum Gasteiger partial charge on any atom is -0.342 e. The van der Waals surface area contributed by atoms with E-state index >= 15 is 0 Å². The fourth-order valence-corrected chi connectivity index (χ4v) is 6.03. The zero-order valence-electron chi connectivity index (χ0n) is 26.7. The fraction of sp³-hybridized carbons (Fsp3) is 0.406. The molecule has 234 valence electrons. The Morgan fingerprint density at radius 1 is 1.07 bits per heavy atom. The number of carbonyl (C=O) groups is 4. The van der Waals surface area contributed by atoms with Crippen molar-refractivity contribution < 1.29 is 24.0 Å². The highest BCUT2D eigenvalue weighted by Gasteiger charge is 2.44. The molecule has 0 aliphatic carbocycles. The van der Waals surface area contributed by atoms with Gasteiger partial charge in [-0.25, -0.2) is 9.86 Å². The number of nitrogens with one attached hydrogen (secondary N) is 2. The minimum absolute atomic E-state index is 0.135. The number of urea groups is 1. The molecule has 0 saturated carbocycles. The molecule has 1 aliphatic heterocycles. The molecule has 11 nitrogen and oxygen atoms in total. The fourth-order valence-electron chi connectivity index (χ4n) is 4.93. The molecule has 1 aliphatic rings. The maximum absolute atomic E-state index is 13.9. The molecule has 1 aromatic carbocycles. The van der Waals surface area contributed by atoms with Crippen molar-refractivity contribution in [2.75, 3.05) is 44.9 Å². The van der Waals surface area contributed by atoms with Crippen molar-refractivity contribution in [3.63, 3.8) is 0 Å². The van der Waals surface area contributed by atoms with E-state index in [0.29, 0.717) is 29.3 Å². The number of hydrogen-bond acceptors (Lipinski definition) is 7. The average Bonchev–Trinajstić information content (AvgIpc) is 3.40. The summed E-state index contributed by atoms with van der Waals surface area (Å²) in [6.45, 7) is 12.4. The van der Waals surface area contributed by atoms with Crippen LogP contribution in [-0.2, 0) is 15.0 Å². The molecule has 1 saturated heterocycles. The van der Waals surface area contributed by atoms with Gasteiger partial charge in [-0.05, 0) is 61.6 Å². The summed E-state index contributed by atoms with van der Waals surface area (Å²) in [6, 6.07) is 10.2. The number of anilines is 2. The summed E-state index contributed by atoms with van der Waals surface area (Å²) in [4.78, 5) is 65.8. The monoisotopic (exact) mass is 620 g/mol. The van der Waals surface area contributed by atoms with Gasteiger partial charge in [0.05, 0.1) is 12.7 Å². The van der Waals surface area contributed by atoms with Gasteiger partial charge in [-0.3, -0.25) is 29.5 Å². The third-order valence-electron chi connectivity index (χ3n) is 7.73. The van der Waals surface area contributed by atoms with Crippen molar-refractivity contribution in [3.05, 3.63) is 64.3 Å². The maximum Gasteiger partial charge on any atom is 0.324 e. The van der Waals surface area contributed by atoms with Crippen LogP contribution in [0.25, 0.3) is 11.1 Å². The van der Waals surface area contributed by atoms with E-state index in [2.05, 4.69) is 15.6 Å². The van der Waals surface area contributed by atoms with Gasteiger partial charge in [-0.15, -0.1) is 11.3 Å². The molecule has 0 bridgehead atoms. The lowest BCUT2D eigenvalue weighted by molar-refractivity contribution is -0.144. The number of hydrogen-bond donors (Lipinski definition) is 2. The lowest BCUT2D eigenvalue weighted by Gasteiger charge is -2.44. The lowest BCUT2D eigenvalue weighted by atomic mass is 9.93. The van der Waals surface area contributed by atoms with Crippen LogP contribution in [0.1, 0.15) is 65.9 Å². The van der Waals surface area contributed by atoms with Crippen LogP contribution in [0.5, 0.6) is 0 Å². The second kappa shape index (κ2) is 12.4. The Labute approximate surface area is 262 Å². The summed E-state index contributed by atoms with van der Waals surface area (Å²) in [7, 11) is 4.65. The standard InChI is InChI=1S/C32H40N6O5S/c1-19-10-12-21(16-22(19)20-11-13-24(33-18-20)28(40)37(8)43-9)34-30(42)35-26-23(17-25(44-26)31(2,3)4)27(39)38-15-14-36(7)29(41)32(38,5)6/h10-13,16-18H,14-15H2,1-9H3,(H2,34,35,42). The quantitative estimate of drug-likeness (QED) is 0.357. The highest BCUT2D eigenvalue weighted by molar-refractivity contribution is 7.16. The smallest absolute Gasteiger partial charge is 0.324 e. The first-order valence-electron chi connectivity index (χ1n) is 14.2.